The maximum absolute atomic E-state index is 13.6. The van der Waals surface area contributed by atoms with Gasteiger partial charge in [-0.2, -0.15) is 0 Å². The van der Waals surface area contributed by atoms with E-state index in [-0.39, 0.29) is 31.8 Å². The number of alkyl halides is 2. The molecule has 2 aliphatic rings. The molecule has 6 nitrogen and oxygen atoms in total. The van der Waals surface area contributed by atoms with Crippen LogP contribution in [0.25, 0.3) is 0 Å². The summed E-state index contributed by atoms with van der Waals surface area (Å²) in [6, 6.07) is 1.29. The number of hydrogen-bond acceptors (Lipinski definition) is 3. The van der Waals surface area contributed by atoms with Gasteiger partial charge in [-0.25, -0.2) is 13.2 Å². The van der Waals surface area contributed by atoms with Crippen LogP contribution in [0.15, 0.2) is 12.1 Å². The summed E-state index contributed by atoms with van der Waals surface area (Å²) in [5.74, 6) is -1.72. The van der Waals surface area contributed by atoms with E-state index in [1.165, 1.54) is 31.2 Å². The number of amides is 3. The molecular weight excluding hydrogens is 375 g/mol. The fraction of sp³-hybridized carbons (Fsp3) is 0.526. The molecule has 1 aromatic rings. The molecular formula is C19H24F3N3O3. The van der Waals surface area contributed by atoms with E-state index in [1.54, 1.807) is 0 Å². The molecule has 154 valence electrons. The molecule has 0 spiro atoms. The number of fused-ring (bicyclic) bond motifs is 1. The number of carbonyl (C=O) groups is 3. The van der Waals surface area contributed by atoms with Crippen LogP contribution in [0, 0.1) is 5.82 Å². The van der Waals surface area contributed by atoms with Crippen LogP contribution < -0.4 is 10.6 Å². The van der Waals surface area contributed by atoms with Crippen molar-refractivity contribution in [2.75, 3.05) is 7.05 Å². The summed E-state index contributed by atoms with van der Waals surface area (Å²) in [6.45, 7) is 0.236. The first kappa shape index (κ1) is 21.7. The van der Waals surface area contributed by atoms with E-state index in [0.29, 0.717) is 17.5 Å². The van der Waals surface area contributed by atoms with Crippen LogP contribution in [0.3, 0.4) is 0 Å². The number of hydrogen-bond donors (Lipinski definition) is 2. The van der Waals surface area contributed by atoms with Crippen LogP contribution in [0.1, 0.15) is 55.2 Å². The second-order valence-electron chi connectivity index (χ2n) is 6.74. The number of halogens is 3. The molecule has 1 unspecified atom stereocenters. The number of benzene rings is 1. The Hall–Kier alpha value is -2.58. The Balaban J connectivity index is 0.000000849. The van der Waals surface area contributed by atoms with Crippen molar-refractivity contribution in [2.45, 2.75) is 57.7 Å². The predicted octanol–water partition coefficient (Wildman–Crippen LogP) is 2.42. The van der Waals surface area contributed by atoms with E-state index in [1.807, 2.05) is 0 Å². The fourth-order valence-electron chi connectivity index (χ4n) is 2.76. The molecule has 1 atom stereocenters. The molecule has 0 bridgehead atoms. The molecule has 3 rings (SSSR count). The van der Waals surface area contributed by atoms with Gasteiger partial charge in [0.1, 0.15) is 11.9 Å². The highest BCUT2D eigenvalue weighted by Crippen LogP contribution is 2.30. The smallest absolute Gasteiger partial charge is 0.266 e. The van der Waals surface area contributed by atoms with Gasteiger partial charge < -0.3 is 15.5 Å². The van der Waals surface area contributed by atoms with Gasteiger partial charge in [-0.3, -0.25) is 14.4 Å². The lowest BCUT2D eigenvalue weighted by molar-refractivity contribution is -0.132. The van der Waals surface area contributed by atoms with Crippen molar-refractivity contribution in [3.63, 3.8) is 0 Å². The molecule has 2 N–H and O–H groups in total. The van der Waals surface area contributed by atoms with Crippen LogP contribution >= 0.6 is 0 Å². The van der Waals surface area contributed by atoms with Gasteiger partial charge in [0.05, 0.1) is 5.56 Å². The molecule has 3 amide bonds. The molecule has 1 aromatic carbocycles. The standard InChI is InChI=1S/C16H18F3N3O3.C3H6/c1-20-16(25)13(21-8-23)2-3-14(24)22-6-9-4-11(15(18)19)12(17)5-10(9)7-22;1-2-3-1/h4-5,8,13,15H,2-3,6-7H2,1H3,(H,20,25)(H,21,23);1-3H2. The van der Waals surface area contributed by atoms with Crippen LogP contribution in [-0.2, 0) is 27.5 Å². The summed E-state index contributed by atoms with van der Waals surface area (Å²) in [6.07, 6.45) is 2.04. The van der Waals surface area contributed by atoms with Gasteiger partial charge in [0.15, 0.2) is 0 Å². The lowest BCUT2D eigenvalue weighted by Gasteiger charge is -2.18. The molecule has 1 fully saturated rings. The first-order valence-electron chi connectivity index (χ1n) is 9.15. The van der Waals surface area contributed by atoms with Crippen LogP contribution in [0.5, 0.6) is 0 Å². The Labute approximate surface area is 161 Å². The zero-order chi connectivity index (χ0) is 20.7. The molecule has 0 aromatic heterocycles. The molecule has 1 heterocycles. The van der Waals surface area contributed by atoms with Gasteiger partial charge in [-0.15, -0.1) is 0 Å². The lowest BCUT2D eigenvalue weighted by atomic mass is 10.1. The Bertz CT molecular complexity index is 723. The van der Waals surface area contributed by atoms with Crippen molar-refractivity contribution in [1.82, 2.24) is 15.5 Å². The van der Waals surface area contributed by atoms with E-state index >= 15 is 0 Å². The molecule has 1 aliphatic carbocycles. The van der Waals surface area contributed by atoms with E-state index < -0.39 is 29.8 Å². The van der Waals surface area contributed by atoms with Crippen molar-refractivity contribution < 1.29 is 27.6 Å². The van der Waals surface area contributed by atoms with Crippen LogP contribution in [0.4, 0.5) is 13.2 Å². The monoisotopic (exact) mass is 399 g/mol. The van der Waals surface area contributed by atoms with E-state index in [9.17, 15) is 27.6 Å². The van der Waals surface area contributed by atoms with Gasteiger partial charge in [-0.1, -0.05) is 19.3 Å². The Morgan fingerprint density at radius 1 is 1.18 bits per heavy atom. The summed E-state index contributed by atoms with van der Waals surface area (Å²) in [4.78, 5) is 35.8. The SMILES string of the molecule is C1CC1.CNC(=O)C(CCC(=O)N1Cc2cc(F)c(C(F)F)cc2C1)NC=O. The average Bonchev–Trinajstić information content (AvgIpc) is 3.49. The van der Waals surface area contributed by atoms with Crippen molar-refractivity contribution in [3.05, 3.63) is 34.6 Å². The predicted molar refractivity (Wildman–Crippen MR) is 95.8 cm³/mol. The number of rotatable bonds is 7. The maximum Gasteiger partial charge on any atom is 0.266 e. The summed E-state index contributed by atoms with van der Waals surface area (Å²) < 4.78 is 39.1. The summed E-state index contributed by atoms with van der Waals surface area (Å²) in [5.41, 5.74) is 0.297. The zero-order valence-corrected chi connectivity index (χ0v) is 15.6. The van der Waals surface area contributed by atoms with Gasteiger partial charge in [0.2, 0.25) is 18.2 Å². The number of nitrogens with one attached hydrogen (secondary N) is 2. The molecule has 9 heteroatoms. The van der Waals surface area contributed by atoms with Gasteiger partial charge in [0.25, 0.3) is 6.43 Å². The Morgan fingerprint density at radius 3 is 2.29 bits per heavy atom. The highest BCUT2D eigenvalue weighted by Gasteiger charge is 2.27. The van der Waals surface area contributed by atoms with Crippen molar-refractivity contribution in [3.8, 4) is 0 Å². The Kier molecular flexibility index (Phi) is 7.83. The van der Waals surface area contributed by atoms with Gasteiger partial charge in [-0.05, 0) is 29.7 Å². The number of nitrogens with zero attached hydrogens (tertiary/aromatic N) is 1. The second-order valence-corrected chi connectivity index (χ2v) is 6.74. The van der Waals surface area contributed by atoms with Crippen molar-refractivity contribution in [1.29, 1.82) is 0 Å². The van der Waals surface area contributed by atoms with Gasteiger partial charge >= 0.3 is 0 Å². The normalized spacial score (nSPS) is 15.2. The van der Waals surface area contributed by atoms with Crippen molar-refractivity contribution in [2.24, 2.45) is 0 Å². The quantitative estimate of drug-likeness (QED) is 0.692. The molecule has 0 saturated heterocycles. The molecule has 0 radical (unpaired) electrons. The van der Waals surface area contributed by atoms with Crippen LogP contribution in [0.2, 0.25) is 0 Å². The van der Waals surface area contributed by atoms with Crippen molar-refractivity contribution >= 4 is 18.2 Å². The largest absolute Gasteiger partial charge is 0.357 e. The average molecular weight is 399 g/mol. The fourth-order valence-corrected chi connectivity index (χ4v) is 2.76. The minimum absolute atomic E-state index is 0.0168. The summed E-state index contributed by atoms with van der Waals surface area (Å²) in [7, 11) is 1.41. The third-order valence-electron chi connectivity index (χ3n) is 4.46. The van der Waals surface area contributed by atoms with E-state index in [0.717, 1.165) is 12.1 Å². The lowest BCUT2D eigenvalue weighted by Crippen LogP contribution is -2.43. The zero-order valence-electron chi connectivity index (χ0n) is 15.6. The first-order valence-corrected chi connectivity index (χ1v) is 9.15. The van der Waals surface area contributed by atoms with E-state index in [4.69, 9.17) is 0 Å². The molecule has 28 heavy (non-hydrogen) atoms. The van der Waals surface area contributed by atoms with Gasteiger partial charge in [0, 0.05) is 26.6 Å². The third-order valence-corrected chi connectivity index (χ3v) is 4.46. The maximum atomic E-state index is 13.6. The number of carbonyl (C=O) groups excluding carboxylic acids is 3. The third kappa shape index (κ3) is 5.97. The topological polar surface area (TPSA) is 78.5 Å². The first-order chi connectivity index (χ1) is 13.4. The van der Waals surface area contributed by atoms with E-state index in [2.05, 4.69) is 10.6 Å². The highest BCUT2D eigenvalue weighted by atomic mass is 19.3. The number of likely N-dealkylation sites (N-methyl/N-ethyl adjacent to an activating group) is 1. The molecule has 1 aliphatic heterocycles. The van der Waals surface area contributed by atoms with Crippen LogP contribution in [-0.4, -0.2) is 36.2 Å². The summed E-state index contributed by atoms with van der Waals surface area (Å²) in [5, 5.41) is 4.71. The summed E-state index contributed by atoms with van der Waals surface area (Å²) >= 11 is 0. The minimum Gasteiger partial charge on any atom is -0.357 e. The Morgan fingerprint density at radius 2 is 1.79 bits per heavy atom. The molecule has 1 saturated carbocycles. The highest BCUT2D eigenvalue weighted by molar-refractivity contribution is 5.84. The minimum atomic E-state index is -2.92. The second kappa shape index (κ2) is 10.1.